The van der Waals surface area contributed by atoms with Crippen LogP contribution < -0.4 is 15.6 Å². The van der Waals surface area contributed by atoms with Crippen LogP contribution in [0.15, 0.2) is 24.3 Å². The van der Waals surface area contributed by atoms with Gasteiger partial charge in [0.25, 0.3) is 0 Å². The first-order chi connectivity index (χ1) is 8.47. The van der Waals surface area contributed by atoms with Crippen molar-refractivity contribution in [1.29, 1.82) is 0 Å². The van der Waals surface area contributed by atoms with Gasteiger partial charge < -0.3 is 5.32 Å². The average molecular weight is 258 g/mol. The number of carbonyl (C=O) groups is 1. The Labute approximate surface area is 101 Å². The first-order valence-corrected chi connectivity index (χ1v) is 5.30. The molecule has 1 aromatic rings. The number of rotatable bonds is 2. The van der Waals surface area contributed by atoms with Crippen LogP contribution in [-0.4, -0.2) is 24.8 Å². The van der Waals surface area contributed by atoms with Crippen LogP contribution in [0.25, 0.3) is 0 Å². The third-order valence-corrected chi connectivity index (χ3v) is 2.43. The maximum absolute atomic E-state index is 12.3. The minimum atomic E-state index is -4.37. The summed E-state index contributed by atoms with van der Waals surface area (Å²) in [4.78, 5) is 14.4. The monoisotopic (exact) mass is 258 g/mol. The van der Waals surface area contributed by atoms with Gasteiger partial charge in [0.05, 0.1) is 5.56 Å². The molecule has 2 rings (SSSR count). The highest BCUT2D eigenvalue weighted by Gasteiger charge is 2.30. The third-order valence-electron chi connectivity index (χ3n) is 2.43. The largest absolute Gasteiger partial charge is 0.416 e. The fraction of sp³-hybridized carbons (Fsp3) is 0.273. The van der Waals surface area contributed by atoms with E-state index in [-0.39, 0.29) is 0 Å². The summed E-state index contributed by atoms with van der Waals surface area (Å²) in [6, 6.07) is 4.29. The zero-order valence-corrected chi connectivity index (χ0v) is 9.27. The molecule has 0 aromatic heterocycles. The predicted octanol–water partition coefficient (Wildman–Crippen LogP) is -0.274. The lowest BCUT2D eigenvalue weighted by molar-refractivity contribution is -0.443. The van der Waals surface area contributed by atoms with Gasteiger partial charge in [-0.15, -0.1) is 0 Å². The normalized spacial score (nSPS) is 14.9. The van der Waals surface area contributed by atoms with Gasteiger partial charge in [0.15, 0.2) is 0 Å². The van der Waals surface area contributed by atoms with Gasteiger partial charge in [0.2, 0.25) is 0 Å². The van der Waals surface area contributed by atoms with Crippen molar-refractivity contribution in [3.05, 3.63) is 29.8 Å². The lowest BCUT2D eigenvalue weighted by Crippen LogP contribution is -2.73. The number of halogens is 3. The van der Waals surface area contributed by atoms with Gasteiger partial charge in [-0.05, 0) is 24.3 Å². The van der Waals surface area contributed by atoms with Crippen molar-refractivity contribution in [1.82, 2.24) is 5.32 Å². The molecule has 0 saturated heterocycles. The van der Waals surface area contributed by atoms with Crippen LogP contribution in [-0.2, 0) is 11.0 Å². The molecule has 18 heavy (non-hydrogen) atoms. The van der Waals surface area contributed by atoms with E-state index in [0.717, 1.165) is 12.1 Å². The fourth-order valence-corrected chi connectivity index (χ4v) is 1.53. The quantitative estimate of drug-likeness (QED) is 0.684. The topological polar surface area (TPSA) is 55.1 Å². The number of carbonyl (C=O) groups excluding carboxylic acids is 1. The highest BCUT2D eigenvalue weighted by molar-refractivity contribution is 6.40. The summed E-state index contributed by atoms with van der Waals surface area (Å²) in [5.41, 5.74) is -0.429. The zero-order chi connectivity index (χ0) is 13.2. The smallest absolute Gasteiger partial charge is 0.315 e. The average Bonchev–Trinajstić information content (AvgIpc) is 2.82. The van der Waals surface area contributed by atoms with E-state index in [1.165, 1.54) is 12.1 Å². The summed E-state index contributed by atoms with van der Waals surface area (Å²) in [5, 5.41) is 5.32. The molecular formula is C11H11F3N3O+. The molecule has 0 atom stereocenters. The molecule has 7 heteroatoms. The number of amidine groups is 1. The van der Waals surface area contributed by atoms with Gasteiger partial charge in [0.1, 0.15) is 13.1 Å². The Balaban J connectivity index is 2.04. The highest BCUT2D eigenvalue weighted by atomic mass is 19.4. The molecule has 0 bridgehead atoms. The van der Waals surface area contributed by atoms with Crippen molar-refractivity contribution < 1.29 is 23.0 Å². The fourth-order valence-electron chi connectivity index (χ4n) is 1.53. The predicted molar refractivity (Wildman–Crippen MR) is 58.9 cm³/mol. The zero-order valence-electron chi connectivity index (χ0n) is 9.27. The third kappa shape index (κ3) is 2.79. The summed E-state index contributed by atoms with van der Waals surface area (Å²) in [5.74, 6) is -0.0674. The second-order valence-corrected chi connectivity index (χ2v) is 3.76. The van der Waals surface area contributed by atoms with Gasteiger partial charge in [-0.2, -0.15) is 13.2 Å². The van der Waals surface area contributed by atoms with Crippen molar-refractivity contribution in [3.8, 4) is 0 Å². The minimum absolute atomic E-state index is 0.316. The second kappa shape index (κ2) is 4.67. The lowest BCUT2D eigenvalue weighted by atomic mass is 10.2. The van der Waals surface area contributed by atoms with Crippen molar-refractivity contribution in [2.45, 2.75) is 6.18 Å². The number of benzene rings is 1. The minimum Gasteiger partial charge on any atom is -0.315 e. The van der Waals surface area contributed by atoms with E-state index < -0.39 is 17.6 Å². The van der Waals surface area contributed by atoms with E-state index >= 15 is 0 Å². The summed E-state index contributed by atoms with van der Waals surface area (Å²) in [7, 11) is 0. The van der Waals surface area contributed by atoms with Crippen LogP contribution >= 0.6 is 0 Å². The molecule has 1 aromatic carbocycles. The highest BCUT2D eigenvalue weighted by Crippen LogP contribution is 2.29. The van der Waals surface area contributed by atoms with Crippen LogP contribution in [0.4, 0.5) is 18.9 Å². The van der Waals surface area contributed by atoms with E-state index in [1.54, 1.807) is 0 Å². The van der Waals surface area contributed by atoms with Crippen molar-refractivity contribution in [2.75, 3.05) is 18.4 Å². The Morgan fingerprint density at radius 3 is 2.44 bits per heavy atom. The number of amides is 1. The summed E-state index contributed by atoms with van der Waals surface area (Å²) in [6.45, 7) is 1.30. The van der Waals surface area contributed by atoms with Crippen LogP contribution in [0, 0.1) is 0 Å². The van der Waals surface area contributed by atoms with Crippen molar-refractivity contribution in [3.63, 3.8) is 0 Å². The maximum Gasteiger partial charge on any atom is 0.416 e. The van der Waals surface area contributed by atoms with Gasteiger partial charge in [-0.3, -0.25) is 15.1 Å². The van der Waals surface area contributed by atoms with Crippen molar-refractivity contribution in [2.24, 2.45) is 0 Å². The Bertz CT molecular complexity index is 479. The summed E-state index contributed by atoms with van der Waals surface area (Å²) >= 11 is 0. The molecule has 0 radical (unpaired) electrons. The van der Waals surface area contributed by atoms with E-state index in [2.05, 4.69) is 15.6 Å². The van der Waals surface area contributed by atoms with E-state index in [0.29, 0.717) is 24.6 Å². The number of alkyl halides is 3. The molecule has 0 spiro atoms. The van der Waals surface area contributed by atoms with Gasteiger partial charge >= 0.3 is 17.9 Å². The molecule has 96 valence electrons. The molecule has 0 unspecified atom stereocenters. The van der Waals surface area contributed by atoms with Crippen LogP contribution in [0.5, 0.6) is 0 Å². The van der Waals surface area contributed by atoms with E-state index in [9.17, 15) is 18.0 Å². The van der Waals surface area contributed by atoms with Gasteiger partial charge in [-0.25, -0.2) is 0 Å². The van der Waals surface area contributed by atoms with E-state index in [4.69, 9.17) is 0 Å². The molecule has 0 fully saturated rings. The Hall–Kier alpha value is -2.05. The summed E-state index contributed by atoms with van der Waals surface area (Å²) < 4.78 is 36.9. The first-order valence-electron chi connectivity index (χ1n) is 5.30. The SMILES string of the molecule is O=C(Nc1ccc(C(F)(F)F)cc1)C1=[NH+]CCN1. The Morgan fingerprint density at radius 2 is 1.94 bits per heavy atom. The lowest BCUT2D eigenvalue weighted by Gasteiger charge is -2.07. The van der Waals surface area contributed by atoms with Crippen LogP contribution in [0.2, 0.25) is 0 Å². The number of anilines is 1. The molecule has 1 aliphatic heterocycles. The molecule has 0 saturated carbocycles. The Kier molecular flexibility index (Phi) is 3.22. The molecule has 1 amide bonds. The maximum atomic E-state index is 12.3. The standard InChI is InChI=1S/C11H10F3N3O/c12-11(13,14)7-1-3-8(4-2-7)17-10(18)9-15-5-6-16-9/h1-4H,5-6H2,(H,15,16)(H,17,18)/p+1. The second-order valence-electron chi connectivity index (χ2n) is 3.76. The first kappa shape index (κ1) is 12.4. The molecular weight excluding hydrogens is 247 g/mol. The van der Waals surface area contributed by atoms with Gasteiger partial charge in [-0.1, -0.05) is 0 Å². The number of hydrogen-bond donors (Lipinski definition) is 3. The number of hydrogen-bond acceptors (Lipinski definition) is 2. The van der Waals surface area contributed by atoms with Crippen LogP contribution in [0.3, 0.4) is 0 Å². The van der Waals surface area contributed by atoms with Crippen LogP contribution in [0.1, 0.15) is 5.56 Å². The molecule has 3 N–H and O–H groups in total. The molecule has 1 heterocycles. The van der Waals surface area contributed by atoms with E-state index in [1.807, 2.05) is 0 Å². The molecule has 4 nitrogen and oxygen atoms in total. The van der Waals surface area contributed by atoms with Gasteiger partial charge in [0, 0.05) is 5.69 Å². The van der Waals surface area contributed by atoms with Crippen molar-refractivity contribution >= 4 is 17.4 Å². The molecule has 0 aliphatic carbocycles. The molecule has 1 aliphatic rings. The number of nitrogens with one attached hydrogen (secondary N) is 3. The summed E-state index contributed by atoms with van der Waals surface area (Å²) in [6.07, 6.45) is -4.37. The Morgan fingerprint density at radius 1 is 1.28 bits per heavy atom.